The smallest absolute Gasteiger partial charge is 0.233 e. The van der Waals surface area contributed by atoms with Crippen molar-refractivity contribution in [1.82, 2.24) is 20.1 Å². The van der Waals surface area contributed by atoms with Gasteiger partial charge in [-0.1, -0.05) is 31.7 Å². The van der Waals surface area contributed by atoms with Crippen molar-refractivity contribution >= 4 is 17.7 Å². The molecule has 0 radical (unpaired) electrons. The highest BCUT2D eigenvalue weighted by molar-refractivity contribution is 8.00. The van der Waals surface area contributed by atoms with Crippen LogP contribution in [0.3, 0.4) is 0 Å². The molecule has 2 aromatic rings. The van der Waals surface area contributed by atoms with Gasteiger partial charge < -0.3 is 10.1 Å². The van der Waals surface area contributed by atoms with Gasteiger partial charge in [-0.3, -0.25) is 9.36 Å². The van der Waals surface area contributed by atoms with Crippen molar-refractivity contribution in [1.29, 1.82) is 0 Å². The van der Waals surface area contributed by atoms with Crippen LogP contribution in [0.15, 0.2) is 35.7 Å². The third kappa shape index (κ3) is 4.72. The Hall–Kier alpha value is -2.02. The van der Waals surface area contributed by atoms with Crippen LogP contribution in [0, 0.1) is 5.92 Å². The lowest BCUT2D eigenvalue weighted by Crippen LogP contribution is -2.33. The molecular formula is C16H22N4O2S. The van der Waals surface area contributed by atoms with Gasteiger partial charge in [-0.2, -0.15) is 0 Å². The molecule has 0 unspecified atom stereocenters. The Morgan fingerprint density at radius 3 is 2.87 bits per heavy atom. The molecular weight excluding hydrogens is 312 g/mol. The van der Waals surface area contributed by atoms with E-state index in [9.17, 15) is 4.79 Å². The van der Waals surface area contributed by atoms with Gasteiger partial charge in [0.1, 0.15) is 12.1 Å². The fourth-order valence-corrected chi connectivity index (χ4v) is 2.77. The van der Waals surface area contributed by atoms with E-state index >= 15 is 0 Å². The Balaban J connectivity index is 2.10. The summed E-state index contributed by atoms with van der Waals surface area (Å²) in [6, 6.07) is 7.63. The third-order valence-corrected chi connectivity index (χ3v) is 4.24. The maximum atomic E-state index is 12.1. The van der Waals surface area contributed by atoms with E-state index in [4.69, 9.17) is 4.74 Å². The molecule has 124 valence electrons. The molecule has 2 rings (SSSR count). The first-order valence-electron chi connectivity index (χ1n) is 7.50. The van der Waals surface area contributed by atoms with E-state index in [0.29, 0.717) is 17.6 Å². The summed E-state index contributed by atoms with van der Waals surface area (Å²) in [6.45, 7) is 6.67. The minimum absolute atomic E-state index is 0.00360. The molecule has 0 saturated carbocycles. The molecule has 1 amide bonds. The molecule has 6 nitrogen and oxygen atoms in total. The number of thioether (sulfide) groups is 1. The van der Waals surface area contributed by atoms with Crippen LogP contribution in [0.1, 0.15) is 20.8 Å². The standard InChI is InChI=1S/C16H22N4O2S/c1-11(2)9-17-15(21)12(3)23-16-19-18-10-20(16)13-6-5-7-14(8-13)22-4/h5-8,10-12H,9H2,1-4H3,(H,17,21)/t12-/m1/s1. The van der Waals surface area contributed by atoms with E-state index in [1.165, 1.54) is 11.8 Å². The molecule has 0 fully saturated rings. The minimum atomic E-state index is -0.248. The fourth-order valence-electron chi connectivity index (χ4n) is 1.90. The zero-order valence-corrected chi connectivity index (χ0v) is 14.6. The number of hydrogen-bond donors (Lipinski definition) is 1. The SMILES string of the molecule is COc1cccc(-n2cnnc2S[C@H](C)C(=O)NCC(C)C)c1. The summed E-state index contributed by atoms with van der Waals surface area (Å²) in [4.78, 5) is 12.1. The lowest BCUT2D eigenvalue weighted by atomic mass is 10.2. The number of nitrogens with one attached hydrogen (secondary N) is 1. The number of amides is 1. The van der Waals surface area contributed by atoms with E-state index in [0.717, 1.165) is 11.4 Å². The van der Waals surface area contributed by atoms with E-state index in [1.54, 1.807) is 13.4 Å². The Kier molecular flexibility index (Phi) is 6.04. The van der Waals surface area contributed by atoms with Gasteiger partial charge in [-0.05, 0) is 25.0 Å². The summed E-state index contributed by atoms with van der Waals surface area (Å²) >= 11 is 1.38. The Morgan fingerprint density at radius 1 is 1.39 bits per heavy atom. The van der Waals surface area contributed by atoms with Gasteiger partial charge >= 0.3 is 0 Å². The van der Waals surface area contributed by atoms with Crippen molar-refractivity contribution in [3.05, 3.63) is 30.6 Å². The zero-order chi connectivity index (χ0) is 16.8. The first-order valence-corrected chi connectivity index (χ1v) is 8.38. The molecule has 23 heavy (non-hydrogen) atoms. The maximum Gasteiger partial charge on any atom is 0.233 e. The number of hydrogen-bond acceptors (Lipinski definition) is 5. The van der Waals surface area contributed by atoms with Gasteiger partial charge in [-0.15, -0.1) is 10.2 Å². The maximum absolute atomic E-state index is 12.1. The summed E-state index contributed by atoms with van der Waals surface area (Å²) < 4.78 is 7.09. The topological polar surface area (TPSA) is 69.0 Å². The van der Waals surface area contributed by atoms with Crippen LogP contribution in [0.25, 0.3) is 5.69 Å². The summed E-state index contributed by atoms with van der Waals surface area (Å²) in [7, 11) is 1.63. The van der Waals surface area contributed by atoms with Crippen molar-refractivity contribution in [2.24, 2.45) is 5.92 Å². The van der Waals surface area contributed by atoms with Gasteiger partial charge in [-0.25, -0.2) is 0 Å². The molecule has 1 aromatic heterocycles. The van der Waals surface area contributed by atoms with Crippen LogP contribution in [0.2, 0.25) is 0 Å². The second kappa shape index (κ2) is 8.01. The zero-order valence-electron chi connectivity index (χ0n) is 13.8. The van der Waals surface area contributed by atoms with E-state index < -0.39 is 0 Å². The highest BCUT2D eigenvalue weighted by Crippen LogP contribution is 2.25. The first-order chi connectivity index (χ1) is 11.0. The number of ether oxygens (including phenoxy) is 1. The number of benzene rings is 1. The van der Waals surface area contributed by atoms with Crippen molar-refractivity contribution < 1.29 is 9.53 Å². The number of rotatable bonds is 7. The average Bonchev–Trinajstić information content (AvgIpc) is 3.00. The van der Waals surface area contributed by atoms with Gasteiger partial charge in [0.2, 0.25) is 5.91 Å². The highest BCUT2D eigenvalue weighted by atomic mass is 32.2. The lowest BCUT2D eigenvalue weighted by molar-refractivity contribution is -0.120. The molecule has 0 aliphatic heterocycles. The molecule has 0 bridgehead atoms. The van der Waals surface area contributed by atoms with Crippen LogP contribution in [-0.2, 0) is 4.79 Å². The highest BCUT2D eigenvalue weighted by Gasteiger charge is 2.18. The number of carbonyl (C=O) groups is 1. The van der Waals surface area contributed by atoms with Crippen LogP contribution >= 0.6 is 11.8 Å². The molecule has 0 aliphatic rings. The average molecular weight is 334 g/mol. The van der Waals surface area contributed by atoms with Gasteiger partial charge in [0.05, 0.1) is 18.0 Å². The predicted octanol–water partition coefficient (Wildman–Crippen LogP) is 2.53. The summed E-state index contributed by atoms with van der Waals surface area (Å²) in [5.74, 6) is 1.19. The number of nitrogens with zero attached hydrogens (tertiary/aromatic N) is 3. The normalized spacial score (nSPS) is 12.2. The van der Waals surface area contributed by atoms with Gasteiger partial charge in [0.15, 0.2) is 5.16 Å². The summed E-state index contributed by atoms with van der Waals surface area (Å²) in [5, 5.41) is 11.4. The van der Waals surface area contributed by atoms with Crippen molar-refractivity contribution in [3.63, 3.8) is 0 Å². The largest absolute Gasteiger partial charge is 0.497 e. The van der Waals surface area contributed by atoms with Crippen molar-refractivity contribution in [3.8, 4) is 11.4 Å². The number of methoxy groups -OCH3 is 1. The van der Waals surface area contributed by atoms with Crippen LogP contribution in [0.5, 0.6) is 5.75 Å². The molecule has 1 aromatic carbocycles. The number of aromatic nitrogens is 3. The van der Waals surface area contributed by atoms with E-state index in [-0.39, 0.29) is 11.2 Å². The van der Waals surface area contributed by atoms with Crippen LogP contribution in [-0.4, -0.2) is 39.6 Å². The monoisotopic (exact) mass is 334 g/mol. The van der Waals surface area contributed by atoms with Crippen LogP contribution in [0.4, 0.5) is 0 Å². The quantitative estimate of drug-likeness (QED) is 0.788. The molecule has 0 saturated heterocycles. The second-order valence-electron chi connectivity index (χ2n) is 5.58. The lowest BCUT2D eigenvalue weighted by Gasteiger charge is -2.13. The van der Waals surface area contributed by atoms with Crippen molar-refractivity contribution in [2.75, 3.05) is 13.7 Å². The first kappa shape index (κ1) is 17.3. The Labute approximate surface area is 140 Å². The fraction of sp³-hybridized carbons (Fsp3) is 0.438. The molecule has 7 heteroatoms. The summed E-state index contributed by atoms with van der Waals surface area (Å²) in [6.07, 6.45) is 1.63. The third-order valence-electron chi connectivity index (χ3n) is 3.18. The molecule has 0 spiro atoms. The van der Waals surface area contributed by atoms with Crippen molar-refractivity contribution in [2.45, 2.75) is 31.2 Å². The van der Waals surface area contributed by atoms with E-state index in [2.05, 4.69) is 29.4 Å². The van der Waals surface area contributed by atoms with Gasteiger partial charge in [0, 0.05) is 12.6 Å². The molecule has 1 N–H and O–H groups in total. The second-order valence-corrected chi connectivity index (χ2v) is 6.89. The van der Waals surface area contributed by atoms with E-state index in [1.807, 2.05) is 35.8 Å². The minimum Gasteiger partial charge on any atom is -0.497 e. The predicted molar refractivity (Wildman–Crippen MR) is 91.1 cm³/mol. The molecule has 1 heterocycles. The molecule has 1 atom stereocenters. The van der Waals surface area contributed by atoms with Gasteiger partial charge in [0.25, 0.3) is 0 Å². The van der Waals surface area contributed by atoms with Crippen LogP contribution < -0.4 is 10.1 Å². The Morgan fingerprint density at radius 2 is 2.17 bits per heavy atom. The molecule has 0 aliphatic carbocycles. The Bertz CT molecular complexity index is 657. The summed E-state index contributed by atoms with van der Waals surface area (Å²) in [5.41, 5.74) is 0.895. The number of carbonyl (C=O) groups excluding carboxylic acids is 1.